The molecule has 0 aliphatic heterocycles. The van der Waals surface area contributed by atoms with Crippen LogP contribution in [0.3, 0.4) is 0 Å². The van der Waals surface area contributed by atoms with E-state index in [-0.39, 0.29) is 11.9 Å². The van der Waals surface area contributed by atoms with Crippen molar-refractivity contribution >= 4 is 11.6 Å². The number of carbonyl (C=O) groups is 1. The third-order valence-electron chi connectivity index (χ3n) is 3.32. The summed E-state index contributed by atoms with van der Waals surface area (Å²) in [7, 11) is 1.62. The summed E-state index contributed by atoms with van der Waals surface area (Å²) in [4.78, 5) is 12.0. The summed E-state index contributed by atoms with van der Waals surface area (Å²) in [5.74, 6) is -0.0369. The summed E-state index contributed by atoms with van der Waals surface area (Å²) >= 11 is 0. The van der Waals surface area contributed by atoms with Crippen molar-refractivity contribution in [3.05, 3.63) is 29.8 Å². The number of hydrogen-bond donors (Lipinski definition) is 2. The van der Waals surface area contributed by atoms with Crippen molar-refractivity contribution < 1.29 is 9.53 Å². The lowest BCUT2D eigenvalue weighted by Gasteiger charge is -2.22. The van der Waals surface area contributed by atoms with E-state index in [2.05, 4.69) is 30.5 Å². The van der Waals surface area contributed by atoms with E-state index in [0.29, 0.717) is 6.42 Å². The second kappa shape index (κ2) is 7.41. The molecule has 1 aromatic carbocycles. The minimum atomic E-state index is -0.446. The normalized spacial score (nSPS) is 13.1. The summed E-state index contributed by atoms with van der Waals surface area (Å²) < 4.78 is 5.27. The van der Waals surface area contributed by atoms with Crippen LogP contribution in [0.1, 0.15) is 45.7 Å². The van der Waals surface area contributed by atoms with E-state index < -0.39 is 5.60 Å². The van der Waals surface area contributed by atoms with Crippen LogP contribution in [0.5, 0.6) is 0 Å². The number of methoxy groups -OCH3 is 1. The Balaban J connectivity index is 2.69. The molecule has 1 unspecified atom stereocenters. The van der Waals surface area contributed by atoms with Crippen molar-refractivity contribution in [2.75, 3.05) is 19.0 Å². The molecule has 4 heteroatoms. The molecule has 0 aliphatic carbocycles. The Morgan fingerprint density at radius 3 is 2.70 bits per heavy atom. The highest BCUT2D eigenvalue weighted by atomic mass is 16.5. The SMILES string of the molecule is CCNC(C)c1cccc(NC(=O)CC(C)(C)OC)c1. The smallest absolute Gasteiger partial charge is 0.227 e. The zero-order valence-corrected chi connectivity index (χ0v) is 13.1. The van der Waals surface area contributed by atoms with Crippen LogP contribution in [-0.2, 0) is 9.53 Å². The van der Waals surface area contributed by atoms with E-state index in [1.165, 1.54) is 0 Å². The number of hydrogen-bond acceptors (Lipinski definition) is 3. The Morgan fingerprint density at radius 2 is 2.10 bits per heavy atom. The maximum absolute atomic E-state index is 12.0. The molecule has 0 aromatic heterocycles. The molecule has 1 amide bonds. The molecule has 1 atom stereocenters. The van der Waals surface area contributed by atoms with Crippen LogP contribution in [0.2, 0.25) is 0 Å². The maximum Gasteiger partial charge on any atom is 0.227 e. The maximum atomic E-state index is 12.0. The van der Waals surface area contributed by atoms with Crippen LogP contribution in [-0.4, -0.2) is 25.2 Å². The first-order valence-corrected chi connectivity index (χ1v) is 7.06. The largest absolute Gasteiger partial charge is 0.378 e. The van der Waals surface area contributed by atoms with E-state index in [1.54, 1.807) is 7.11 Å². The number of anilines is 1. The molecule has 112 valence electrons. The Morgan fingerprint density at radius 1 is 1.40 bits per heavy atom. The number of benzene rings is 1. The summed E-state index contributed by atoms with van der Waals surface area (Å²) in [6.07, 6.45) is 0.330. The zero-order chi connectivity index (χ0) is 15.2. The van der Waals surface area contributed by atoms with Crippen LogP contribution < -0.4 is 10.6 Å². The average Bonchev–Trinajstić information content (AvgIpc) is 2.38. The van der Waals surface area contributed by atoms with Gasteiger partial charge in [0.1, 0.15) is 0 Å². The first-order valence-electron chi connectivity index (χ1n) is 7.06. The van der Waals surface area contributed by atoms with Gasteiger partial charge in [-0.25, -0.2) is 0 Å². The van der Waals surface area contributed by atoms with Crippen molar-refractivity contribution in [1.82, 2.24) is 5.32 Å². The molecule has 0 bridgehead atoms. The van der Waals surface area contributed by atoms with Gasteiger partial charge in [-0.05, 0) is 45.0 Å². The lowest BCUT2D eigenvalue weighted by atomic mass is 10.0. The van der Waals surface area contributed by atoms with Crippen LogP contribution in [0.25, 0.3) is 0 Å². The van der Waals surface area contributed by atoms with Gasteiger partial charge in [0.25, 0.3) is 0 Å². The van der Waals surface area contributed by atoms with Crippen molar-refractivity contribution in [2.45, 2.75) is 45.8 Å². The van der Waals surface area contributed by atoms with Crippen molar-refractivity contribution in [3.63, 3.8) is 0 Å². The van der Waals surface area contributed by atoms with E-state index in [0.717, 1.165) is 17.8 Å². The van der Waals surface area contributed by atoms with E-state index in [9.17, 15) is 4.79 Å². The number of amides is 1. The fourth-order valence-electron chi connectivity index (χ4n) is 1.97. The van der Waals surface area contributed by atoms with Gasteiger partial charge in [-0.3, -0.25) is 4.79 Å². The first kappa shape index (κ1) is 16.7. The fourth-order valence-corrected chi connectivity index (χ4v) is 1.97. The number of ether oxygens (including phenoxy) is 1. The molecule has 0 spiro atoms. The lowest BCUT2D eigenvalue weighted by molar-refractivity contribution is -0.121. The molecule has 0 aliphatic rings. The minimum absolute atomic E-state index is 0.0369. The molecule has 20 heavy (non-hydrogen) atoms. The van der Waals surface area contributed by atoms with E-state index in [4.69, 9.17) is 4.74 Å². The van der Waals surface area contributed by atoms with Crippen LogP contribution in [0, 0.1) is 0 Å². The molecule has 1 rings (SSSR count). The van der Waals surface area contributed by atoms with E-state index in [1.807, 2.05) is 32.0 Å². The first-order chi connectivity index (χ1) is 9.38. The Hall–Kier alpha value is -1.39. The zero-order valence-electron chi connectivity index (χ0n) is 13.1. The number of nitrogens with one attached hydrogen (secondary N) is 2. The van der Waals surface area contributed by atoms with Gasteiger partial charge >= 0.3 is 0 Å². The fraction of sp³-hybridized carbons (Fsp3) is 0.562. The van der Waals surface area contributed by atoms with Gasteiger partial charge in [-0.2, -0.15) is 0 Å². The highest BCUT2D eigenvalue weighted by molar-refractivity contribution is 5.91. The van der Waals surface area contributed by atoms with Crippen LogP contribution in [0.15, 0.2) is 24.3 Å². The van der Waals surface area contributed by atoms with Gasteiger partial charge in [0.15, 0.2) is 0 Å². The molecule has 0 saturated heterocycles. The molecule has 2 N–H and O–H groups in total. The average molecular weight is 278 g/mol. The summed E-state index contributed by atoms with van der Waals surface area (Å²) in [5, 5.41) is 6.28. The highest BCUT2D eigenvalue weighted by Gasteiger charge is 2.21. The number of rotatable bonds is 7. The van der Waals surface area contributed by atoms with E-state index >= 15 is 0 Å². The quantitative estimate of drug-likeness (QED) is 0.805. The van der Waals surface area contributed by atoms with Crippen molar-refractivity contribution in [2.24, 2.45) is 0 Å². The molecule has 0 fully saturated rings. The van der Waals surface area contributed by atoms with Crippen molar-refractivity contribution in [1.29, 1.82) is 0 Å². The molecular weight excluding hydrogens is 252 g/mol. The molecule has 4 nitrogen and oxygen atoms in total. The predicted octanol–water partition coefficient (Wildman–Crippen LogP) is 3.11. The third-order valence-corrected chi connectivity index (χ3v) is 3.32. The summed E-state index contributed by atoms with van der Waals surface area (Å²) in [6.45, 7) is 8.90. The number of carbonyl (C=O) groups excluding carboxylic acids is 1. The second-order valence-corrected chi connectivity index (χ2v) is 5.59. The second-order valence-electron chi connectivity index (χ2n) is 5.59. The Labute approximate surface area is 121 Å². The van der Waals surface area contributed by atoms with Gasteiger partial charge in [-0.15, -0.1) is 0 Å². The van der Waals surface area contributed by atoms with Gasteiger partial charge in [0.05, 0.1) is 12.0 Å². The topological polar surface area (TPSA) is 50.4 Å². The molecule has 1 aromatic rings. The lowest BCUT2D eigenvalue weighted by Crippen LogP contribution is -2.29. The Bertz CT molecular complexity index is 444. The third kappa shape index (κ3) is 5.31. The Kier molecular flexibility index (Phi) is 6.17. The predicted molar refractivity (Wildman–Crippen MR) is 82.9 cm³/mol. The molecule has 0 saturated carbocycles. The van der Waals surface area contributed by atoms with Gasteiger partial charge in [-0.1, -0.05) is 19.1 Å². The standard InChI is InChI=1S/C16H26N2O2/c1-6-17-12(2)13-8-7-9-14(10-13)18-15(19)11-16(3,4)20-5/h7-10,12,17H,6,11H2,1-5H3,(H,18,19). The van der Waals surface area contributed by atoms with Gasteiger partial charge in [0.2, 0.25) is 5.91 Å². The molecule has 0 radical (unpaired) electrons. The van der Waals surface area contributed by atoms with Crippen molar-refractivity contribution in [3.8, 4) is 0 Å². The molecule has 0 heterocycles. The van der Waals surface area contributed by atoms with Crippen LogP contribution >= 0.6 is 0 Å². The summed E-state index contributed by atoms with van der Waals surface area (Å²) in [5.41, 5.74) is 1.54. The highest BCUT2D eigenvalue weighted by Crippen LogP contribution is 2.19. The monoisotopic (exact) mass is 278 g/mol. The minimum Gasteiger partial charge on any atom is -0.378 e. The van der Waals surface area contributed by atoms with Gasteiger partial charge < -0.3 is 15.4 Å². The van der Waals surface area contributed by atoms with Gasteiger partial charge in [0, 0.05) is 18.8 Å². The summed E-state index contributed by atoms with van der Waals surface area (Å²) in [6, 6.07) is 8.19. The van der Waals surface area contributed by atoms with Crippen LogP contribution in [0.4, 0.5) is 5.69 Å². The molecular formula is C16H26N2O2.